The van der Waals surface area contributed by atoms with Crippen molar-refractivity contribution < 1.29 is 9.90 Å². The molecule has 0 aromatic carbocycles. The van der Waals surface area contributed by atoms with Gasteiger partial charge in [-0.25, -0.2) is 0 Å². The smallest absolute Gasteiger partial charge is 0.149 e. The maximum absolute atomic E-state index is 11.7. The predicted molar refractivity (Wildman–Crippen MR) is 58.7 cm³/mol. The number of rotatable bonds is 2. The molecule has 2 atom stereocenters. The van der Waals surface area contributed by atoms with Gasteiger partial charge in [0.2, 0.25) is 0 Å². The molecule has 3 heteroatoms. The van der Waals surface area contributed by atoms with Crippen molar-refractivity contribution in [3.63, 3.8) is 0 Å². The van der Waals surface area contributed by atoms with Crippen LogP contribution in [0.25, 0.3) is 0 Å². The van der Waals surface area contributed by atoms with Crippen molar-refractivity contribution in [3.8, 4) is 0 Å². The highest BCUT2D eigenvalue weighted by Gasteiger charge is 2.34. The van der Waals surface area contributed by atoms with Crippen LogP contribution in [0.3, 0.4) is 0 Å². The van der Waals surface area contributed by atoms with Crippen molar-refractivity contribution in [2.75, 3.05) is 13.2 Å². The third-order valence-corrected chi connectivity index (χ3v) is 3.81. The van der Waals surface area contributed by atoms with Crippen molar-refractivity contribution in [2.24, 2.45) is 0 Å². The SMILES string of the molecule is O=C1CCCC1N1CCCCCC1CO. The van der Waals surface area contributed by atoms with E-state index in [4.69, 9.17) is 0 Å². The number of carbonyl (C=O) groups excluding carboxylic acids is 1. The Morgan fingerprint density at radius 1 is 1.20 bits per heavy atom. The fourth-order valence-electron chi connectivity index (χ4n) is 2.95. The second-order valence-electron chi connectivity index (χ2n) is 4.80. The molecule has 86 valence electrons. The number of likely N-dealkylation sites (tertiary alicyclic amines) is 1. The summed E-state index contributed by atoms with van der Waals surface area (Å²) >= 11 is 0. The quantitative estimate of drug-likeness (QED) is 0.749. The van der Waals surface area contributed by atoms with Crippen LogP contribution in [0.2, 0.25) is 0 Å². The minimum absolute atomic E-state index is 0.125. The summed E-state index contributed by atoms with van der Waals surface area (Å²) in [5.41, 5.74) is 0. The van der Waals surface area contributed by atoms with E-state index in [9.17, 15) is 9.90 Å². The maximum atomic E-state index is 11.7. The molecule has 1 heterocycles. The number of hydrogen-bond donors (Lipinski definition) is 1. The number of carbonyl (C=O) groups is 1. The molecule has 1 aliphatic heterocycles. The molecule has 2 aliphatic rings. The summed E-state index contributed by atoms with van der Waals surface area (Å²) in [7, 11) is 0. The molecule has 15 heavy (non-hydrogen) atoms. The van der Waals surface area contributed by atoms with E-state index in [1.807, 2.05) is 0 Å². The van der Waals surface area contributed by atoms with Gasteiger partial charge in [-0.15, -0.1) is 0 Å². The fourth-order valence-corrected chi connectivity index (χ4v) is 2.95. The molecule has 1 saturated carbocycles. The average Bonchev–Trinajstić information content (AvgIpc) is 2.54. The Labute approximate surface area is 91.5 Å². The van der Waals surface area contributed by atoms with Crippen LogP contribution in [0, 0.1) is 0 Å². The number of nitrogens with zero attached hydrogens (tertiary/aromatic N) is 1. The van der Waals surface area contributed by atoms with Crippen LogP contribution >= 0.6 is 0 Å². The van der Waals surface area contributed by atoms with E-state index in [1.165, 1.54) is 19.3 Å². The molecular weight excluding hydrogens is 190 g/mol. The summed E-state index contributed by atoms with van der Waals surface area (Å²) < 4.78 is 0. The summed E-state index contributed by atoms with van der Waals surface area (Å²) in [6.45, 7) is 1.21. The van der Waals surface area contributed by atoms with Gasteiger partial charge in [0.15, 0.2) is 0 Å². The monoisotopic (exact) mass is 211 g/mol. The van der Waals surface area contributed by atoms with Crippen LogP contribution in [0.1, 0.15) is 44.9 Å². The number of aliphatic hydroxyl groups excluding tert-OH is 1. The standard InChI is InChI=1S/C12H21NO2/c14-9-10-5-2-1-3-8-13(10)11-6-4-7-12(11)15/h10-11,14H,1-9H2. The number of Topliss-reactive ketones (excluding diaryl/α,β-unsaturated/α-hetero) is 1. The van der Waals surface area contributed by atoms with E-state index in [0.717, 1.165) is 32.2 Å². The maximum Gasteiger partial charge on any atom is 0.149 e. The van der Waals surface area contributed by atoms with Gasteiger partial charge in [-0.2, -0.15) is 0 Å². The lowest BCUT2D eigenvalue weighted by Gasteiger charge is -2.32. The summed E-state index contributed by atoms with van der Waals surface area (Å²) in [5, 5.41) is 9.38. The molecule has 0 radical (unpaired) electrons. The first-order valence-corrected chi connectivity index (χ1v) is 6.22. The highest BCUT2D eigenvalue weighted by atomic mass is 16.3. The minimum Gasteiger partial charge on any atom is -0.395 e. The van der Waals surface area contributed by atoms with Gasteiger partial charge in [0.05, 0.1) is 12.6 Å². The molecule has 0 spiro atoms. The van der Waals surface area contributed by atoms with E-state index in [0.29, 0.717) is 5.78 Å². The Morgan fingerprint density at radius 2 is 2.07 bits per heavy atom. The van der Waals surface area contributed by atoms with E-state index in [1.54, 1.807) is 0 Å². The summed E-state index contributed by atoms with van der Waals surface area (Å²) in [6, 6.07) is 0.361. The van der Waals surface area contributed by atoms with Crippen molar-refractivity contribution in [1.29, 1.82) is 0 Å². The van der Waals surface area contributed by atoms with E-state index in [2.05, 4.69) is 4.90 Å². The number of ketones is 1. The second-order valence-corrected chi connectivity index (χ2v) is 4.80. The van der Waals surface area contributed by atoms with Gasteiger partial charge < -0.3 is 5.11 Å². The van der Waals surface area contributed by atoms with Crippen LogP contribution in [0.15, 0.2) is 0 Å². The van der Waals surface area contributed by atoms with Gasteiger partial charge in [0.1, 0.15) is 5.78 Å². The first-order chi connectivity index (χ1) is 7.33. The summed E-state index contributed by atoms with van der Waals surface area (Å²) in [5.74, 6) is 0.398. The van der Waals surface area contributed by atoms with Gasteiger partial charge in [0.25, 0.3) is 0 Å². The zero-order valence-electron chi connectivity index (χ0n) is 9.32. The first-order valence-electron chi connectivity index (χ1n) is 6.22. The first kappa shape index (κ1) is 11.1. The lowest BCUT2D eigenvalue weighted by atomic mass is 10.1. The molecule has 2 rings (SSSR count). The largest absolute Gasteiger partial charge is 0.395 e. The Kier molecular flexibility index (Phi) is 3.76. The predicted octanol–water partition coefficient (Wildman–Crippen LogP) is 1.34. The Morgan fingerprint density at radius 3 is 2.73 bits per heavy atom. The van der Waals surface area contributed by atoms with Crippen LogP contribution in [-0.4, -0.2) is 41.0 Å². The number of hydrogen-bond acceptors (Lipinski definition) is 3. The van der Waals surface area contributed by atoms with Crippen LogP contribution in [0.4, 0.5) is 0 Å². The highest BCUT2D eigenvalue weighted by molar-refractivity contribution is 5.85. The summed E-state index contributed by atoms with van der Waals surface area (Å²) in [6.07, 6.45) is 7.48. The zero-order chi connectivity index (χ0) is 10.7. The van der Waals surface area contributed by atoms with Crippen molar-refractivity contribution >= 4 is 5.78 Å². The van der Waals surface area contributed by atoms with Crippen molar-refractivity contribution in [1.82, 2.24) is 4.90 Å². The molecule has 1 N–H and O–H groups in total. The molecule has 0 bridgehead atoms. The third-order valence-electron chi connectivity index (χ3n) is 3.81. The zero-order valence-corrected chi connectivity index (χ0v) is 9.32. The highest BCUT2D eigenvalue weighted by Crippen LogP contribution is 2.26. The lowest BCUT2D eigenvalue weighted by Crippen LogP contribution is -2.46. The van der Waals surface area contributed by atoms with Gasteiger partial charge in [-0.05, 0) is 32.2 Å². The topological polar surface area (TPSA) is 40.5 Å². The van der Waals surface area contributed by atoms with E-state index >= 15 is 0 Å². The van der Waals surface area contributed by atoms with Crippen molar-refractivity contribution in [3.05, 3.63) is 0 Å². The Hall–Kier alpha value is -0.410. The number of aliphatic hydroxyl groups is 1. The minimum atomic E-state index is 0.125. The molecule has 1 saturated heterocycles. The Bertz CT molecular complexity index is 230. The average molecular weight is 211 g/mol. The third kappa shape index (κ3) is 2.40. The van der Waals surface area contributed by atoms with Gasteiger partial charge in [0, 0.05) is 12.5 Å². The van der Waals surface area contributed by atoms with Crippen LogP contribution < -0.4 is 0 Å². The molecule has 0 aromatic rings. The van der Waals surface area contributed by atoms with Crippen LogP contribution in [0.5, 0.6) is 0 Å². The van der Waals surface area contributed by atoms with E-state index in [-0.39, 0.29) is 18.7 Å². The molecule has 3 nitrogen and oxygen atoms in total. The molecule has 2 unspecified atom stereocenters. The van der Waals surface area contributed by atoms with Gasteiger partial charge >= 0.3 is 0 Å². The van der Waals surface area contributed by atoms with Crippen LogP contribution in [-0.2, 0) is 4.79 Å². The summed E-state index contributed by atoms with van der Waals surface area (Å²) in [4.78, 5) is 14.0. The second kappa shape index (κ2) is 5.08. The fraction of sp³-hybridized carbons (Fsp3) is 0.917. The normalized spacial score (nSPS) is 34.3. The molecule has 0 aromatic heterocycles. The molecule has 2 fully saturated rings. The van der Waals surface area contributed by atoms with Gasteiger partial charge in [-0.1, -0.05) is 12.8 Å². The molecule has 1 aliphatic carbocycles. The Balaban J connectivity index is 2.05. The molecular formula is C12H21NO2. The van der Waals surface area contributed by atoms with Gasteiger partial charge in [-0.3, -0.25) is 9.69 Å². The van der Waals surface area contributed by atoms with E-state index < -0.39 is 0 Å². The molecule has 0 amide bonds. The van der Waals surface area contributed by atoms with Crippen molar-refractivity contribution in [2.45, 2.75) is 57.0 Å². The lowest BCUT2D eigenvalue weighted by molar-refractivity contribution is -0.123.